The van der Waals surface area contributed by atoms with Crippen LogP contribution in [0.1, 0.15) is 65.3 Å². The molecule has 1 amide bonds. The summed E-state index contributed by atoms with van der Waals surface area (Å²) in [6.07, 6.45) is 7.03. The lowest BCUT2D eigenvalue weighted by atomic mass is 9.84. The van der Waals surface area contributed by atoms with Gasteiger partial charge in [-0.1, -0.05) is 32.1 Å². The average Bonchev–Trinajstić information content (AvgIpc) is 2.60. The van der Waals surface area contributed by atoms with Crippen molar-refractivity contribution >= 4 is 17.7 Å². The van der Waals surface area contributed by atoms with Crippen molar-refractivity contribution in [1.29, 1.82) is 0 Å². The molecule has 0 saturated heterocycles. The second-order valence-corrected chi connectivity index (χ2v) is 8.04. The number of amides is 1. The Labute approximate surface area is 160 Å². The van der Waals surface area contributed by atoms with Gasteiger partial charge in [0, 0.05) is 6.20 Å². The van der Waals surface area contributed by atoms with E-state index < -0.39 is 29.3 Å². The Morgan fingerprint density at radius 3 is 2.52 bits per heavy atom. The number of methoxy groups -OCH3 is 1. The summed E-state index contributed by atoms with van der Waals surface area (Å²) in [6.45, 7) is 5.23. The van der Waals surface area contributed by atoms with Crippen LogP contribution in [0.4, 0.5) is 10.5 Å². The molecular weight excluding hydrogens is 348 g/mol. The molecule has 27 heavy (non-hydrogen) atoms. The summed E-state index contributed by atoms with van der Waals surface area (Å²) in [5, 5.41) is 2.48. The quantitative estimate of drug-likeness (QED) is 0.786. The predicted molar refractivity (Wildman–Crippen MR) is 103 cm³/mol. The maximum atomic E-state index is 12.9. The molecule has 1 atom stereocenters. The van der Waals surface area contributed by atoms with Gasteiger partial charge in [0.15, 0.2) is 0 Å². The summed E-state index contributed by atoms with van der Waals surface area (Å²) < 4.78 is 11.5. The van der Waals surface area contributed by atoms with Crippen molar-refractivity contribution in [3.05, 3.63) is 28.7 Å². The Kier molecular flexibility index (Phi) is 7.05. The molecule has 1 fully saturated rings. The van der Waals surface area contributed by atoms with Crippen LogP contribution in [0, 0.1) is 5.92 Å². The Morgan fingerprint density at radius 1 is 1.26 bits per heavy atom. The van der Waals surface area contributed by atoms with Gasteiger partial charge in [0.05, 0.1) is 7.11 Å². The van der Waals surface area contributed by atoms with Crippen LogP contribution in [0.15, 0.2) is 23.1 Å². The number of hydrogen-bond donors (Lipinski definition) is 1. The van der Waals surface area contributed by atoms with Crippen molar-refractivity contribution in [2.45, 2.75) is 70.9 Å². The first-order valence-electron chi connectivity index (χ1n) is 9.50. The van der Waals surface area contributed by atoms with Crippen LogP contribution in [0.5, 0.6) is 0 Å². The standard InChI is InChI=1S/C20H30N2O5/c1-20(2,3)27-19(25)21-15-11-8-12-22(17(15)23)16(18(24)26-4)13-14-9-6-5-7-10-14/h8,11-12,14,16H,5-7,9-10,13H2,1-4H3,(H,21,25)/t16-/m0/s1. The number of ether oxygens (including phenoxy) is 2. The van der Waals surface area contributed by atoms with Crippen LogP contribution in [-0.2, 0) is 14.3 Å². The summed E-state index contributed by atoms with van der Waals surface area (Å²) in [7, 11) is 1.32. The van der Waals surface area contributed by atoms with Gasteiger partial charge >= 0.3 is 12.1 Å². The Morgan fingerprint density at radius 2 is 1.93 bits per heavy atom. The molecule has 150 valence electrons. The van der Waals surface area contributed by atoms with E-state index >= 15 is 0 Å². The minimum absolute atomic E-state index is 0.0734. The highest BCUT2D eigenvalue weighted by Gasteiger charge is 2.28. The fourth-order valence-electron chi connectivity index (χ4n) is 3.46. The minimum atomic E-state index is -0.709. The second-order valence-electron chi connectivity index (χ2n) is 8.04. The molecule has 0 unspecified atom stereocenters. The number of nitrogens with zero attached hydrogens (tertiary/aromatic N) is 1. The molecule has 0 radical (unpaired) electrons. The zero-order chi connectivity index (χ0) is 20.0. The highest BCUT2D eigenvalue weighted by molar-refractivity contribution is 5.84. The number of rotatable bonds is 5. The highest BCUT2D eigenvalue weighted by atomic mass is 16.6. The van der Waals surface area contributed by atoms with E-state index in [1.807, 2.05) is 0 Å². The van der Waals surface area contributed by atoms with Crippen LogP contribution >= 0.6 is 0 Å². The Bertz CT molecular complexity index is 714. The molecule has 0 aliphatic heterocycles. The van der Waals surface area contributed by atoms with Crippen molar-refractivity contribution in [2.24, 2.45) is 5.92 Å². The van der Waals surface area contributed by atoms with E-state index in [9.17, 15) is 14.4 Å². The van der Waals surface area contributed by atoms with Crippen molar-refractivity contribution in [3.63, 3.8) is 0 Å². The molecule has 1 aliphatic rings. The van der Waals surface area contributed by atoms with Crippen molar-refractivity contribution in [1.82, 2.24) is 4.57 Å². The lowest BCUT2D eigenvalue weighted by Crippen LogP contribution is -2.35. The average molecular weight is 378 g/mol. The van der Waals surface area contributed by atoms with Crippen molar-refractivity contribution in [3.8, 4) is 0 Å². The van der Waals surface area contributed by atoms with Crippen LogP contribution in [0.2, 0.25) is 0 Å². The maximum Gasteiger partial charge on any atom is 0.412 e. The van der Waals surface area contributed by atoms with Gasteiger partial charge in [-0.25, -0.2) is 9.59 Å². The zero-order valence-electron chi connectivity index (χ0n) is 16.6. The normalized spacial score (nSPS) is 16.4. The van der Waals surface area contributed by atoms with Gasteiger partial charge in [0.2, 0.25) is 0 Å². The smallest absolute Gasteiger partial charge is 0.412 e. The number of aromatic nitrogens is 1. The number of carbonyl (C=O) groups excluding carboxylic acids is 2. The number of carbonyl (C=O) groups is 2. The van der Waals surface area contributed by atoms with Gasteiger partial charge in [-0.05, 0) is 45.2 Å². The minimum Gasteiger partial charge on any atom is -0.467 e. The van der Waals surface area contributed by atoms with Crippen LogP contribution < -0.4 is 10.9 Å². The summed E-state index contributed by atoms with van der Waals surface area (Å²) in [6, 6.07) is 2.42. The first-order valence-corrected chi connectivity index (χ1v) is 9.50. The molecule has 7 heteroatoms. The maximum absolute atomic E-state index is 12.9. The van der Waals surface area contributed by atoms with Gasteiger partial charge in [0.1, 0.15) is 17.3 Å². The monoisotopic (exact) mass is 378 g/mol. The van der Waals surface area contributed by atoms with E-state index in [1.165, 1.54) is 24.2 Å². The largest absolute Gasteiger partial charge is 0.467 e. The summed E-state index contributed by atoms with van der Waals surface area (Å²) >= 11 is 0. The molecule has 0 bridgehead atoms. The van der Waals surface area contributed by atoms with Gasteiger partial charge in [-0.15, -0.1) is 0 Å². The molecule has 1 heterocycles. The van der Waals surface area contributed by atoms with Crippen molar-refractivity contribution in [2.75, 3.05) is 12.4 Å². The first-order chi connectivity index (χ1) is 12.7. The number of nitrogens with one attached hydrogen (secondary N) is 1. The fourth-order valence-corrected chi connectivity index (χ4v) is 3.46. The van der Waals surface area contributed by atoms with E-state index in [0.717, 1.165) is 25.7 Å². The number of hydrogen-bond acceptors (Lipinski definition) is 5. The molecule has 0 aromatic carbocycles. The van der Waals surface area contributed by atoms with Crippen molar-refractivity contribution < 1.29 is 19.1 Å². The van der Waals surface area contributed by atoms with Crippen LogP contribution in [0.3, 0.4) is 0 Å². The summed E-state index contributed by atoms with van der Waals surface area (Å²) in [4.78, 5) is 37.2. The summed E-state index contributed by atoms with van der Waals surface area (Å²) in [5.74, 6) is -0.0608. The molecule has 2 rings (SSSR count). The molecule has 1 saturated carbocycles. The third-order valence-corrected chi connectivity index (χ3v) is 4.70. The van der Waals surface area contributed by atoms with E-state index in [0.29, 0.717) is 12.3 Å². The van der Waals surface area contributed by atoms with Gasteiger partial charge in [-0.3, -0.25) is 14.7 Å². The van der Waals surface area contributed by atoms with Gasteiger partial charge in [0.25, 0.3) is 5.56 Å². The summed E-state index contributed by atoms with van der Waals surface area (Å²) in [5.41, 5.74) is -1.05. The molecule has 1 N–H and O–H groups in total. The number of esters is 1. The zero-order valence-corrected chi connectivity index (χ0v) is 16.6. The van der Waals surface area contributed by atoms with Crippen LogP contribution in [-0.4, -0.2) is 29.3 Å². The van der Waals surface area contributed by atoms with E-state index in [1.54, 1.807) is 33.0 Å². The molecule has 0 spiro atoms. The van der Waals surface area contributed by atoms with Gasteiger partial charge < -0.3 is 9.47 Å². The molecule has 1 aromatic rings. The van der Waals surface area contributed by atoms with Crippen LogP contribution in [0.25, 0.3) is 0 Å². The van der Waals surface area contributed by atoms with E-state index in [-0.39, 0.29) is 5.69 Å². The topological polar surface area (TPSA) is 86.6 Å². The molecular formula is C20H30N2O5. The molecule has 1 aliphatic carbocycles. The van der Waals surface area contributed by atoms with E-state index in [2.05, 4.69) is 5.32 Å². The lowest BCUT2D eigenvalue weighted by Gasteiger charge is -2.26. The third-order valence-electron chi connectivity index (χ3n) is 4.70. The second kappa shape index (κ2) is 9.06. The predicted octanol–water partition coefficient (Wildman–Crippen LogP) is 3.88. The number of anilines is 1. The Hall–Kier alpha value is -2.31. The molecule has 1 aromatic heterocycles. The Balaban J connectivity index is 2.24. The third kappa shape index (κ3) is 6.12. The van der Waals surface area contributed by atoms with E-state index in [4.69, 9.17) is 9.47 Å². The highest BCUT2D eigenvalue weighted by Crippen LogP contribution is 2.31. The molecule has 7 nitrogen and oxygen atoms in total. The SMILES string of the molecule is COC(=O)[C@H](CC1CCCCC1)n1cccc(NC(=O)OC(C)(C)C)c1=O. The first kappa shape index (κ1) is 21.0. The number of pyridine rings is 1. The lowest BCUT2D eigenvalue weighted by molar-refractivity contribution is -0.145. The fraction of sp³-hybridized carbons (Fsp3) is 0.650. The van der Waals surface area contributed by atoms with Gasteiger partial charge in [-0.2, -0.15) is 0 Å².